The van der Waals surface area contributed by atoms with E-state index in [2.05, 4.69) is 34.5 Å². The molecule has 3 aliphatic heterocycles. The van der Waals surface area contributed by atoms with Crippen LogP contribution in [0.25, 0.3) is 0 Å². The number of thiocarbonyl (C=S) groups is 1. The van der Waals surface area contributed by atoms with Crippen molar-refractivity contribution in [1.29, 1.82) is 0 Å². The second-order valence-corrected chi connectivity index (χ2v) is 16.9. The number of esters is 4. The Labute approximate surface area is 374 Å². The molecule has 3 aromatic carbocycles. The minimum Gasteiger partial charge on any atom is -0.463 e. The Hall–Kier alpha value is -4.77. The largest absolute Gasteiger partial charge is 0.463 e. The van der Waals surface area contributed by atoms with Crippen molar-refractivity contribution in [3.63, 3.8) is 0 Å². The minimum atomic E-state index is -1.27. The first-order chi connectivity index (χ1) is 30.4. The molecular formula is C48H60N2O12S. The topological polar surface area (TPSA) is 168 Å². The predicted molar refractivity (Wildman–Crippen MR) is 235 cm³/mol. The summed E-state index contributed by atoms with van der Waals surface area (Å²) >= 11 is 5.75. The third-order valence-electron chi connectivity index (χ3n) is 11.6. The molecule has 1 unspecified atom stereocenters. The molecule has 14 nitrogen and oxygen atoms in total. The zero-order chi connectivity index (χ0) is 44.9. The van der Waals surface area contributed by atoms with Gasteiger partial charge in [0, 0.05) is 58.7 Å². The summed E-state index contributed by atoms with van der Waals surface area (Å²) in [6.07, 6.45) is -0.809. The average Bonchev–Trinajstić information content (AvgIpc) is 3.25. The van der Waals surface area contributed by atoms with E-state index in [0.717, 1.165) is 60.3 Å². The van der Waals surface area contributed by atoms with Crippen molar-refractivity contribution in [2.45, 2.75) is 134 Å². The maximum atomic E-state index is 12.3. The summed E-state index contributed by atoms with van der Waals surface area (Å²) in [5.41, 5.74) is 4.76. The van der Waals surface area contributed by atoms with Gasteiger partial charge in [-0.2, -0.15) is 0 Å². The number of carbonyl (C=O) groups excluding carboxylic acids is 4. The van der Waals surface area contributed by atoms with Crippen molar-refractivity contribution in [3.05, 3.63) is 107 Å². The van der Waals surface area contributed by atoms with E-state index in [1.54, 1.807) is 0 Å². The molecule has 63 heavy (non-hydrogen) atoms. The highest BCUT2D eigenvalue weighted by atomic mass is 32.1. The molecule has 0 aromatic heterocycles. The van der Waals surface area contributed by atoms with Crippen molar-refractivity contribution in [2.24, 2.45) is 0 Å². The SMILES string of the molecule is CC(=O)OC[C@H]1O[C@@H](CC(=S)NCc2ccc(C3O[C@H](CN4CCCCCCC4)[C@@H](c4ccccc4)[C@H](c4ccc(CO)cc4)O3)cc2)[C@H](OC(C)=O)[C@@H](OC(C)=O)[C@@H]1OC(C)=O. The van der Waals surface area contributed by atoms with Gasteiger partial charge in [0.15, 0.2) is 24.6 Å². The van der Waals surface area contributed by atoms with E-state index in [0.29, 0.717) is 11.5 Å². The van der Waals surface area contributed by atoms with Gasteiger partial charge in [0.2, 0.25) is 0 Å². The summed E-state index contributed by atoms with van der Waals surface area (Å²) in [7, 11) is 0. The molecule has 3 saturated heterocycles. The summed E-state index contributed by atoms with van der Waals surface area (Å²) in [6.45, 7) is 7.57. The van der Waals surface area contributed by atoms with Gasteiger partial charge in [0.1, 0.15) is 18.8 Å². The second-order valence-electron chi connectivity index (χ2n) is 16.4. The van der Waals surface area contributed by atoms with E-state index in [9.17, 15) is 24.3 Å². The van der Waals surface area contributed by atoms with E-state index in [1.165, 1.54) is 47.0 Å². The molecule has 6 rings (SSSR count). The third kappa shape index (κ3) is 13.6. The number of rotatable bonds is 15. The molecule has 3 heterocycles. The van der Waals surface area contributed by atoms with Gasteiger partial charge < -0.3 is 48.5 Å². The van der Waals surface area contributed by atoms with Crippen molar-refractivity contribution in [1.82, 2.24) is 10.2 Å². The number of benzene rings is 3. The summed E-state index contributed by atoms with van der Waals surface area (Å²) in [4.78, 5) is 51.3. The Balaban J connectivity index is 1.19. The van der Waals surface area contributed by atoms with Crippen LogP contribution < -0.4 is 5.32 Å². The Morgan fingerprint density at radius 3 is 1.83 bits per heavy atom. The lowest BCUT2D eigenvalue weighted by molar-refractivity contribution is -0.263. The van der Waals surface area contributed by atoms with Crippen molar-refractivity contribution >= 4 is 41.1 Å². The molecule has 3 aliphatic rings. The number of nitrogens with one attached hydrogen (secondary N) is 1. The molecule has 15 heteroatoms. The molecule has 9 atom stereocenters. The van der Waals surface area contributed by atoms with Gasteiger partial charge in [-0.3, -0.25) is 19.2 Å². The van der Waals surface area contributed by atoms with Gasteiger partial charge in [0.05, 0.1) is 23.8 Å². The van der Waals surface area contributed by atoms with Gasteiger partial charge in [-0.15, -0.1) is 0 Å². The summed E-state index contributed by atoms with van der Waals surface area (Å²) in [6, 6.07) is 26.4. The van der Waals surface area contributed by atoms with Crippen molar-refractivity contribution in [3.8, 4) is 0 Å². The number of aliphatic hydroxyl groups excluding tert-OH is 1. The van der Waals surface area contributed by atoms with Crippen LogP contribution in [-0.4, -0.2) is 102 Å². The van der Waals surface area contributed by atoms with Gasteiger partial charge in [-0.25, -0.2) is 0 Å². The van der Waals surface area contributed by atoms with Crippen LogP contribution in [0.15, 0.2) is 78.9 Å². The molecule has 0 radical (unpaired) electrons. The molecule has 2 N–H and O–H groups in total. The smallest absolute Gasteiger partial charge is 0.303 e. The summed E-state index contributed by atoms with van der Waals surface area (Å²) in [5.74, 6) is -2.77. The minimum absolute atomic E-state index is 0.0257. The molecule has 0 amide bonds. The van der Waals surface area contributed by atoms with E-state index >= 15 is 0 Å². The Morgan fingerprint density at radius 2 is 1.22 bits per heavy atom. The molecule has 340 valence electrons. The van der Waals surface area contributed by atoms with Crippen LogP contribution in [0.3, 0.4) is 0 Å². The van der Waals surface area contributed by atoms with Gasteiger partial charge in [-0.1, -0.05) is 110 Å². The summed E-state index contributed by atoms with van der Waals surface area (Å²) < 4.78 is 42.1. The van der Waals surface area contributed by atoms with E-state index in [4.69, 9.17) is 45.4 Å². The number of ether oxygens (including phenoxy) is 7. The number of aliphatic hydroxyl groups is 1. The second kappa shape index (κ2) is 23.2. The standard InChI is InChI=1S/C48H60N2O12S/c1-30(52)56-29-41-46(58-32(3)54)47(59-33(4)55)45(57-31(2)53)39(60-41)25-42(63)49-26-34-15-21-38(22-16-34)48-61-40(27-50-23-11-6-5-7-12-24-50)43(36-13-9-8-10-14-36)44(62-48)37-19-17-35(28-51)18-20-37/h8-10,13-22,39-41,43-48,51H,5-7,11-12,23-29H2,1-4H3,(H,49,63)/t39-,40+,41+,43+,44-,45-,46+,47+,48?/m0/s1. The normalized spacial score (nSPS) is 26.6. The third-order valence-corrected chi connectivity index (χ3v) is 11.9. The van der Waals surface area contributed by atoms with Crippen LogP contribution in [-0.2, 0) is 65.5 Å². The van der Waals surface area contributed by atoms with Crippen LogP contribution in [0, 0.1) is 0 Å². The van der Waals surface area contributed by atoms with E-state index in [-0.39, 0.29) is 37.8 Å². The number of hydrogen-bond acceptors (Lipinski definition) is 14. The number of nitrogens with zero attached hydrogens (tertiary/aromatic N) is 1. The van der Waals surface area contributed by atoms with Gasteiger partial charge in [-0.05, 0) is 48.2 Å². The van der Waals surface area contributed by atoms with Crippen LogP contribution >= 0.6 is 12.2 Å². The molecule has 3 aromatic rings. The molecular weight excluding hydrogens is 829 g/mol. The molecule has 0 bridgehead atoms. The van der Waals surface area contributed by atoms with Gasteiger partial charge >= 0.3 is 23.9 Å². The van der Waals surface area contributed by atoms with Crippen LogP contribution in [0.4, 0.5) is 0 Å². The first kappa shape index (κ1) is 47.7. The summed E-state index contributed by atoms with van der Waals surface area (Å²) in [5, 5.41) is 13.1. The highest BCUT2D eigenvalue weighted by Gasteiger charge is 2.52. The lowest BCUT2D eigenvalue weighted by Crippen LogP contribution is -2.62. The van der Waals surface area contributed by atoms with Crippen LogP contribution in [0.2, 0.25) is 0 Å². The molecule has 3 fully saturated rings. The lowest BCUT2D eigenvalue weighted by Gasteiger charge is -2.44. The number of hydrogen-bond donors (Lipinski definition) is 2. The molecule has 0 spiro atoms. The first-order valence-electron chi connectivity index (χ1n) is 21.8. The maximum absolute atomic E-state index is 12.3. The maximum Gasteiger partial charge on any atom is 0.303 e. The van der Waals surface area contributed by atoms with Crippen molar-refractivity contribution < 1.29 is 57.4 Å². The fourth-order valence-corrected chi connectivity index (χ4v) is 8.88. The molecule has 0 saturated carbocycles. The fourth-order valence-electron chi connectivity index (χ4n) is 8.65. The number of carbonyl (C=O) groups is 4. The zero-order valence-electron chi connectivity index (χ0n) is 36.5. The molecule has 0 aliphatic carbocycles. The van der Waals surface area contributed by atoms with E-state index < -0.39 is 60.7 Å². The monoisotopic (exact) mass is 888 g/mol. The zero-order valence-corrected chi connectivity index (χ0v) is 37.3. The lowest BCUT2D eigenvalue weighted by atomic mass is 9.83. The Kier molecular flexibility index (Phi) is 17.6. The highest BCUT2D eigenvalue weighted by molar-refractivity contribution is 7.80. The van der Waals surface area contributed by atoms with Crippen molar-refractivity contribution in [2.75, 3.05) is 26.2 Å². The number of likely N-dealkylation sites (tertiary alicyclic amines) is 1. The average molecular weight is 889 g/mol. The quantitative estimate of drug-likeness (QED) is 0.0988. The Morgan fingerprint density at radius 1 is 0.651 bits per heavy atom. The first-order valence-corrected chi connectivity index (χ1v) is 22.2. The fraction of sp³-hybridized carbons (Fsp3) is 0.521. The predicted octanol–water partition coefficient (Wildman–Crippen LogP) is 6.32. The van der Waals surface area contributed by atoms with E-state index in [1.807, 2.05) is 54.6 Å². The van der Waals surface area contributed by atoms with Crippen LogP contribution in [0.5, 0.6) is 0 Å². The van der Waals surface area contributed by atoms with Gasteiger partial charge in [0.25, 0.3) is 0 Å². The van der Waals surface area contributed by atoms with Crippen LogP contribution in [0.1, 0.15) is 112 Å². The highest BCUT2D eigenvalue weighted by Crippen LogP contribution is 2.47. The Bertz CT molecular complexity index is 1970.